The van der Waals surface area contributed by atoms with Gasteiger partial charge in [0.2, 0.25) is 17.7 Å². The molecule has 0 radical (unpaired) electrons. The zero-order chi connectivity index (χ0) is 23.8. The molecule has 1 aromatic heterocycles. The molecule has 3 unspecified atom stereocenters. The van der Waals surface area contributed by atoms with Crippen LogP contribution in [0, 0.1) is 5.92 Å². The Morgan fingerprint density at radius 2 is 1.78 bits per heavy atom. The Kier molecular flexibility index (Phi) is 8.73. The van der Waals surface area contributed by atoms with Crippen molar-refractivity contribution in [1.82, 2.24) is 20.9 Å². The van der Waals surface area contributed by atoms with E-state index in [1.54, 1.807) is 20.0 Å². The maximum Gasteiger partial charge on any atom is 0.328 e. The molecule has 2 aromatic rings. The van der Waals surface area contributed by atoms with Gasteiger partial charge in [0.05, 0.1) is 19.2 Å². The van der Waals surface area contributed by atoms with Gasteiger partial charge in [0, 0.05) is 17.1 Å². The molecular weight excluding hydrogens is 418 g/mol. The van der Waals surface area contributed by atoms with Gasteiger partial charge in [-0.15, -0.1) is 0 Å². The van der Waals surface area contributed by atoms with Crippen molar-refractivity contribution in [3.8, 4) is 0 Å². The molecule has 11 nitrogen and oxygen atoms in total. The Balaban J connectivity index is 1.93. The van der Waals surface area contributed by atoms with Gasteiger partial charge in [0.25, 0.3) is 0 Å². The average molecular weight is 447 g/mol. The number of aliphatic carboxylic acids is 1. The number of nitrogens with one attached hydrogen (secondary N) is 4. The van der Waals surface area contributed by atoms with Gasteiger partial charge in [-0.25, -0.2) is 4.79 Å². The number of fused-ring (bicyclic) bond motifs is 1. The first-order valence-electron chi connectivity index (χ1n) is 10.2. The predicted octanol–water partition coefficient (Wildman–Crippen LogP) is -1.14. The van der Waals surface area contributed by atoms with E-state index in [9.17, 15) is 19.2 Å². The highest BCUT2D eigenvalue weighted by molar-refractivity contribution is 5.93. The zero-order valence-electron chi connectivity index (χ0n) is 17.9. The second-order valence-electron chi connectivity index (χ2n) is 7.76. The normalized spacial score (nSPS) is 13.9. The Morgan fingerprint density at radius 1 is 1.09 bits per heavy atom. The zero-order valence-corrected chi connectivity index (χ0v) is 17.9. The summed E-state index contributed by atoms with van der Waals surface area (Å²) in [5.74, 6) is -3.61. The molecule has 11 heteroatoms. The van der Waals surface area contributed by atoms with Crippen LogP contribution in [0.15, 0.2) is 30.5 Å². The van der Waals surface area contributed by atoms with E-state index in [2.05, 4.69) is 20.9 Å². The number of nitrogens with two attached hydrogens (primary N) is 1. The summed E-state index contributed by atoms with van der Waals surface area (Å²) >= 11 is 0. The van der Waals surface area contributed by atoms with Crippen molar-refractivity contribution in [2.75, 3.05) is 13.2 Å². The summed E-state index contributed by atoms with van der Waals surface area (Å²) in [5.41, 5.74) is 7.87. The minimum absolute atomic E-state index is 0.266. The summed E-state index contributed by atoms with van der Waals surface area (Å²) in [5, 5.41) is 25.8. The molecule has 0 aliphatic carbocycles. The number of hydrogen-bond donors (Lipinski definition) is 7. The minimum Gasteiger partial charge on any atom is -0.480 e. The number of aromatic nitrogens is 1. The van der Waals surface area contributed by atoms with E-state index in [1.807, 2.05) is 24.3 Å². The highest BCUT2D eigenvalue weighted by Crippen LogP contribution is 2.18. The number of hydrogen-bond acceptors (Lipinski definition) is 6. The Morgan fingerprint density at radius 3 is 2.41 bits per heavy atom. The molecule has 0 aliphatic heterocycles. The molecule has 0 spiro atoms. The highest BCUT2D eigenvalue weighted by Gasteiger charge is 2.27. The van der Waals surface area contributed by atoms with Crippen LogP contribution >= 0.6 is 0 Å². The van der Waals surface area contributed by atoms with Crippen molar-refractivity contribution in [1.29, 1.82) is 0 Å². The lowest BCUT2D eigenvalue weighted by Crippen LogP contribution is -2.55. The lowest BCUT2D eigenvalue weighted by atomic mass is 10.0. The number of aliphatic hydroxyl groups is 1. The first-order chi connectivity index (χ1) is 15.1. The van der Waals surface area contributed by atoms with Crippen molar-refractivity contribution in [2.24, 2.45) is 11.7 Å². The summed E-state index contributed by atoms with van der Waals surface area (Å²) < 4.78 is 0. The van der Waals surface area contributed by atoms with Crippen LogP contribution in [0.2, 0.25) is 0 Å². The van der Waals surface area contributed by atoms with Crippen molar-refractivity contribution >= 4 is 34.6 Å². The largest absolute Gasteiger partial charge is 0.480 e. The minimum atomic E-state index is -1.47. The number of benzene rings is 1. The van der Waals surface area contributed by atoms with E-state index in [0.29, 0.717) is 0 Å². The summed E-state index contributed by atoms with van der Waals surface area (Å²) in [6, 6.07) is 4.31. The molecule has 0 fully saturated rings. The molecule has 174 valence electrons. The molecule has 1 aromatic carbocycles. The number of carboxylic acid groups (broad SMARTS) is 1. The van der Waals surface area contributed by atoms with Gasteiger partial charge in [-0.1, -0.05) is 32.0 Å². The molecule has 2 rings (SSSR count). The van der Waals surface area contributed by atoms with Crippen molar-refractivity contribution in [3.05, 3.63) is 36.0 Å². The van der Waals surface area contributed by atoms with Gasteiger partial charge >= 0.3 is 5.97 Å². The Hall–Kier alpha value is -3.44. The SMILES string of the molecule is CC(C)C(NC(=O)C(N)Cc1c[nH]c2ccccc12)C(=O)NCC(=O)NC(CO)C(=O)O. The lowest BCUT2D eigenvalue weighted by molar-refractivity contribution is -0.142. The maximum atomic E-state index is 12.6. The third-order valence-corrected chi connectivity index (χ3v) is 4.94. The molecule has 1 heterocycles. The van der Waals surface area contributed by atoms with Crippen LogP contribution in [-0.4, -0.2) is 70.2 Å². The fourth-order valence-electron chi connectivity index (χ4n) is 3.13. The monoisotopic (exact) mass is 447 g/mol. The third kappa shape index (κ3) is 6.53. The summed E-state index contributed by atoms with van der Waals surface area (Å²) in [4.78, 5) is 50.9. The number of para-hydroxylation sites is 1. The highest BCUT2D eigenvalue weighted by atomic mass is 16.4. The number of carbonyl (C=O) groups is 4. The van der Waals surface area contributed by atoms with Crippen LogP contribution in [0.3, 0.4) is 0 Å². The first-order valence-corrected chi connectivity index (χ1v) is 10.2. The van der Waals surface area contributed by atoms with Gasteiger partial charge in [0.15, 0.2) is 0 Å². The number of aromatic amines is 1. The quantitative estimate of drug-likeness (QED) is 0.227. The van der Waals surface area contributed by atoms with Crippen LogP contribution in [0.25, 0.3) is 10.9 Å². The van der Waals surface area contributed by atoms with E-state index < -0.39 is 55.0 Å². The molecule has 32 heavy (non-hydrogen) atoms. The number of carboxylic acids is 1. The van der Waals surface area contributed by atoms with E-state index in [4.69, 9.17) is 15.9 Å². The van der Waals surface area contributed by atoms with E-state index in [1.165, 1.54) is 0 Å². The van der Waals surface area contributed by atoms with Gasteiger partial charge in [0.1, 0.15) is 12.1 Å². The van der Waals surface area contributed by atoms with Gasteiger partial charge in [-0.05, 0) is 24.0 Å². The maximum absolute atomic E-state index is 12.6. The topological polar surface area (TPSA) is 187 Å². The Labute approximate surface area is 184 Å². The van der Waals surface area contributed by atoms with Crippen LogP contribution in [0.5, 0.6) is 0 Å². The number of amides is 3. The van der Waals surface area contributed by atoms with Gasteiger partial charge in [-0.2, -0.15) is 0 Å². The van der Waals surface area contributed by atoms with Crippen molar-refractivity contribution in [2.45, 2.75) is 38.4 Å². The van der Waals surface area contributed by atoms with E-state index >= 15 is 0 Å². The fourth-order valence-corrected chi connectivity index (χ4v) is 3.13. The van der Waals surface area contributed by atoms with E-state index in [0.717, 1.165) is 16.5 Å². The number of aliphatic hydroxyl groups excluding tert-OH is 1. The van der Waals surface area contributed by atoms with E-state index in [-0.39, 0.29) is 12.3 Å². The van der Waals surface area contributed by atoms with Crippen LogP contribution in [0.1, 0.15) is 19.4 Å². The van der Waals surface area contributed by atoms with Gasteiger partial charge < -0.3 is 36.9 Å². The predicted molar refractivity (Wildman–Crippen MR) is 116 cm³/mol. The fraction of sp³-hybridized carbons (Fsp3) is 0.429. The van der Waals surface area contributed by atoms with Gasteiger partial charge in [-0.3, -0.25) is 14.4 Å². The van der Waals surface area contributed by atoms with Crippen LogP contribution in [0.4, 0.5) is 0 Å². The van der Waals surface area contributed by atoms with Crippen LogP contribution in [-0.2, 0) is 25.6 Å². The lowest BCUT2D eigenvalue weighted by Gasteiger charge is -2.23. The smallest absolute Gasteiger partial charge is 0.328 e. The van der Waals surface area contributed by atoms with Crippen LogP contribution < -0.4 is 21.7 Å². The molecular formula is C21H29N5O6. The molecule has 0 bridgehead atoms. The molecule has 3 atom stereocenters. The standard InChI is InChI=1S/C21H29N5O6/c1-11(2)18(20(30)24-9-17(28)25-16(10-27)21(31)32)26-19(29)14(22)7-12-8-23-15-6-4-3-5-13(12)15/h3-6,8,11,14,16,18,23,27H,7,9-10,22H2,1-2H3,(H,24,30)(H,25,28)(H,26,29)(H,31,32). The van der Waals surface area contributed by atoms with Crippen molar-refractivity contribution < 1.29 is 29.4 Å². The third-order valence-electron chi connectivity index (χ3n) is 4.94. The second kappa shape index (κ2) is 11.3. The molecule has 8 N–H and O–H groups in total. The second-order valence-corrected chi connectivity index (χ2v) is 7.76. The average Bonchev–Trinajstić information content (AvgIpc) is 3.16. The number of carbonyl (C=O) groups excluding carboxylic acids is 3. The number of H-pyrrole nitrogens is 1. The Bertz CT molecular complexity index is 972. The molecule has 0 saturated heterocycles. The molecule has 3 amide bonds. The summed E-state index contributed by atoms with van der Waals surface area (Å²) in [7, 11) is 0. The summed E-state index contributed by atoms with van der Waals surface area (Å²) in [6.45, 7) is 2.15. The number of rotatable bonds is 11. The summed E-state index contributed by atoms with van der Waals surface area (Å²) in [6.07, 6.45) is 2.06. The first kappa shape index (κ1) is 24.8. The van der Waals surface area contributed by atoms with Crippen molar-refractivity contribution in [3.63, 3.8) is 0 Å². The molecule has 0 saturated carbocycles. The molecule has 0 aliphatic rings.